The number of rotatable bonds is 7. The van der Waals surface area contributed by atoms with Crippen molar-refractivity contribution in [1.82, 2.24) is 15.5 Å². The third-order valence-electron chi connectivity index (χ3n) is 3.36. The number of carbonyl (C=O) groups excluding carboxylic acids is 2. The molecule has 0 bridgehead atoms. The quantitative estimate of drug-likeness (QED) is 0.743. The van der Waals surface area contributed by atoms with Crippen LogP contribution in [0.5, 0.6) is 0 Å². The van der Waals surface area contributed by atoms with Gasteiger partial charge in [-0.1, -0.05) is 35.0 Å². The second-order valence-electron chi connectivity index (χ2n) is 7.05. The Morgan fingerprint density at radius 1 is 1.12 bits per heavy atom. The van der Waals surface area contributed by atoms with Gasteiger partial charge in [0, 0.05) is 10.0 Å². The van der Waals surface area contributed by atoms with Crippen LogP contribution in [-0.4, -0.2) is 42.4 Å². The molecule has 1 rings (SSSR count). The van der Waals surface area contributed by atoms with Gasteiger partial charge in [0.25, 0.3) is 0 Å². The molecule has 0 aromatic heterocycles. The molecule has 6 heteroatoms. The monoisotopic (exact) mass is 397 g/mol. The van der Waals surface area contributed by atoms with Crippen LogP contribution in [0.25, 0.3) is 0 Å². The molecule has 0 aliphatic heterocycles. The fourth-order valence-electron chi connectivity index (χ4n) is 2.36. The van der Waals surface area contributed by atoms with E-state index in [0.717, 1.165) is 16.5 Å². The van der Waals surface area contributed by atoms with Crippen LogP contribution in [0.1, 0.15) is 45.7 Å². The van der Waals surface area contributed by atoms with Gasteiger partial charge in [-0.15, -0.1) is 0 Å². The van der Waals surface area contributed by atoms with E-state index < -0.39 is 0 Å². The minimum Gasteiger partial charge on any atom is -0.350 e. The van der Waals surface area contributed by atoms with Crippen LogP contribution in [0.3, 0.4) is 0 Å². The highest BCUT2D eigenvalue weighted by Crippen LogP contribution is 2.19. The van der Waals surface area contributed by atoms with Crippen molar-refractivity contribution in [2.45, 2.75) is 45.7 Å². The van der Waals surface area contributed by atoms with Gasteiger partial charge in [-0.05, 0) is 51.9 Å². The van der Waals surface area contributed by atoms with Crippen LogP contribution < -0.4 is 10.6 Å². The summed E-state index contributed by atoms with van der Waals surface area (Å²) in [5.41, 5.74) is 0.803. The second-order valence-corrected chi connectivity index (χ2v) is 7.97. The first-order valence-corrected chi connectivity index (χ1v) is 8.94. The van der Waals surface area contributed by atoms with Gasteiger partial charge in [0.05, 0.1) is 19.1 Å². The Bertz CT molecular complexity index is 552. The Morgan fingerprint density at radius 2 is 1.67 bits per heavy atom. The molecule has 0 aliphatic carbocycles. The lowest BCUT2D eigenvalue weighted by atomic mass is 10.0. The molecule has 0 heterocycles. The highest BCUT2D eigenvalue weighted by atomic mass is 79.9. The molecule has 0 fully saturated rings. The fourth-order valence-corrected chi connectivity index (χ4v) is 2.62. The van der Waals surface area contributed by atoms with Crippen molar-refractivity contribution in [1.29, 1.82) is 0 Å². The molecule has 0 radical (unpaired) electrons. The number of nitrogens with zero attached hydrogens (tertiary/aromatic N) is 1. The largest absolute Gasteiger partial charge is 0.350 e. The van der Waals surface area contributed by atoms with Crippen LogP contribution in [0.2, 0.25) is 0 Å². The summed E-state index contributed by atoms with van der Waals surface area (Å²) < 4.78 is 1.01. The predicted octanol–water partition coefficient (Wildman–Crippen LogP) is 2.86. The van der Waals surface area contributed by atoms with Gasteiger partial charge in [-0.25, -0.2) is 0 Å². The van der Waals surface area contributed by atoms with E-state index in [1.165, 1.54) is 0 Å². The average molecular weight is 398 g/mol. The zero-order valence-electron chi connectivity index (χ0n) is 15.1. The molecule has 1 aromatic rings. The van der Waals surface area contributed by atoms with Crippen LogP contribution in [0.4, 0.5) is 0 Å². The standard InChI is InChI=1S/C18H28BrN3O2/c1-6-15(13-7-9-14(19)10-8-13)20-16(23)11-22(5)12-17(24)21-18(2,3)4/h7-10,15H,6,11-12H2,1-5H3,(H,20,23)(H,21,24)/t15-/m0/s1. The summed E-state index contributed by atoms with van der Waals surface area (Å²) in [6.45, 7) is 8.21. The number of hydrogen-bond donors (Lipinski definition) is 2. The zero-order valence-corrected chi connectivity index (χ0v) is 16.7. The van der Waals surface area contributed by atoms with Crippen LogP contribution >= 0.6 is 15.9 Å². The summed E-state index contributed by atoms with van der Waals surface area (Å²) in [5, 5.41) is 5.92. The Balaban J connectivity index is 2.51. The molecule has 0 spiro atoms. The van der Waals surface area contributed by atoms with Gasteiger partial charge in [-0.2, -0.15) is 0 Å². The lowest BCUT2D eigenvalue weighted by Gasteiger charge is -2.24. The molecule has 1 aromatic carbocycles. The molecule has 0 aliphatic rings. The van der Waals surface area contributed by atoms with E-state index in [0.29, 0.717) is 0 Å². The third kappa shape index (κ3) is 7.93. The second kappa shape index (κ2) is 9.18. The van der Waals surface area contributed by atoms with Crippen molar-refractivity contribution in [2.24, 2.45) is 0 Å². The Morgan fingerprint density at radius 3 is 2.17 bits per heavy atom. The van der Waals surface area contributed by atoms with Crippen molar-refractivity contribution >= 4 is 27.7 Å². The van der Waals surface area contributed by atoms with E-state index in [-0.39, 0.29) is 36.5 Å². The van der Waals surface area contributed by atoms with E-state index in [2.05, 4.69) is 26.6 Å². The number of amides is 2. The molecule has 134 valence electrons. The van der Waals surface area contributed by atoms with E-state index in [1.807, 2.05) is 52.0 Å². The lowest BCUT2D eigenvalue weighted by molar-refractivity contribution is -0.125. The molecular formula is C18H28BrN3O2. The number of benzene rings is 1. The molecule has 1 atom stereocenters. The molecule has 0 saturated carbocycles. The third-order valence-corrected chi connectivity index (χ3v) is 3.89. The van der Waals surface area contributed by atoms with Crippen molar-refractivity contribution < 1.29 is 9.59 Å². The van der Waals surface area contributed by atoms with Crippen LogP contribution in [0.15, 0.2) is 28.7 Å². The van der Waals surface area contributed by atoms with E-state index >= 15 is 0 Å². The first-order valence-electron chi connectivity index (χ1n) is 8.15. The van der Waals surface area contributed by atoms with E-state index in [4.69, 9.17) is 0 Å². The van der Waals surface area contributed by atoms with Crippen LogP contribution in [0, 0.1) is 0 Å². The SMILES string of the molecule is CC[C@H](NC(=O)CN(C)CC(=O)NC(C)(C)C)c1ccc(Br)cc1. The number of carbonyl (C=O) groups is 2. The van der Waals surface area contributed by atoms with Gasteiger partial charge in [0.1, 0.15) is 0 Å². The maximum Gasteiger partial charge on any atom is 0.234 e. The topological polar surface area (TPSA) is 61.4 Å². The Labute approximate surface area is 153 Å². The minimum absolute atomic E-state index is 0.0256. The van der Waals surface area contributed by atoms with Gasteiger partial charge in [-0.3, -0.25) is 14.5 Å². The molecule has 0 unspecified atom stereocenters. The normalized spacial score (nSPS) is 12.8. The maximum atomic E-state index is 12.2. The Hall–Kier alpha value is -1.40. The number of likely N-dealkylation sites (N-methyl/N-ethyl adjacent to an activating group) is 1. The van der Waals surface area contributed by atoms with Gasteiger partial charge in [0.2, 0.25) is 11.8 Å². The number of hydrogen-bond acceptors (Lipinski definition) is 3. The first-order chi connectivity index (χ1) is 11.1. The fraction of sp³-hybridized carbons (Fsp3) is 0.556. The van der Waals surface area contributed by atoms with E-state index in [9.17, 15) is 9.59 Å². The molecule has 5 nitrogen and oxygen atoms in total. The molecule has 2 amide bonds. The first kappa shape index (κ1) is 20.6. The molecule has 24 heavy (non-hydrogen) atoms. The lowest BCUT2D eigenvalue weighted by Crippen LogP contribution is -2.47. The Kier molecular flexibility index (Phi) is 7.90. The summed E-state index contributed by atoms with van der Waals surface area (Å²) in [5.74, 6) is -0.173. The predicted molar refractivity (Wildman–Crippen MR) is 101 cm³/mol. The minimum atomic E-state index is -0.269. The summed E-state index contributed by atoms with van der Waals surface area (Å²) in [6, 6.07) is 7.90. The van der Waals surface area contributed by atoms with Crippen molar-refractivity contribution in [3.63, 3.8) is 0 Å². The van der Waals surface area contributed by atoms with Crippen molar-refractivity contribution in [3.05, 3.63) is 34.3 Å². The maximum absolute atomic E-state index is 12.2. The van der Waals surface area contributed by atoms with Crippen LogP contribution in [-0.2, 0) is 9.59 Å². The summed E-state index contributed by atoms with van der Waals surface area (Å²) in [4.78, 5) is 25.8. The van der Waals surface area contributed by atoms with Crippen molar-refractivity contribution in [3.8, 4) is 0 Å². The summed E-state index contributed by atoms with van der Waals surface area (Å²) >= 11 is 3.41. The van der Waals surface area contributed by atoms with Gasteiger partial charge < -0.3 is 10.6 Å². The highest BCUT2D eigenvalue weighted by molar-refractivity contribution is 9.10. The number of nitrogens with one attached hydrogen (secondary N) is 2. The molecule has 0 saturated heterocycles. The van der Waals surface area contributed by atoms with Gasteiger partial charge >= 0.3 is 0 Å². The van der Waals surface area contributed by atoms with Crippen molar-refractivity contribution in [2.75, 3.05) is 20.1 Å². The molecular weight excluding hydrogens is 370 g/mol. The zero-order chi connectivity index (χ0) is 18.3. The van der Waals surface area contributed by atoms with E-state index in [1.54, 1.807) is 11.9 Å². The smallest absolute Gasteiger partial charge is 0.234 e. The highest BCUT2D eigenvalue weighted by Gasteiger charge is 2.18. The average Bonchev–Trinajstić information content (AvgIpc) is 2.43. The number of halogens is 1. The summed E-state index contributed by atoms with van der Waals surface area (Å²) in [6.07, 6.45) is 0.807. The summed E-state index contributed by atoms with van der Waals surface area (Å²) in [7, 11) is 1.77. The molecule has 2 N–H and O–H groups in total. The van der Waals surface area contributed by atoms with Gasteiger partial charge in [0.15, 0.2) is 0 Å².